The van der Waals surface area contributed by atoms with Crippen molar-refractivity contribution in [3.05, 3.63) is 65.2 Å². The van der Waals surface area contributed by atoms with Crippen molar-refractivity contribution in [2.24, 2.45) is 5.92 Å². The number of anilines is 1. The largest absolute Gasteiger partial charge is 0.454 e. The van der Waals surface area contributed by atoms with Crippen LogP contribution in [0, 0.1) is 12.8 Å². The van der Waals surface area contributed by atoms with Crippen LogP contribution in [0.3, 0.4) is 0 Å². The molecule has 0 bridgehead atoms. The molecule has 0 unspecified atom stereocenters. The number of amides is 3. The Morgan fingerprint density at radius 2 is 1.67 bits per heavy atom. The molecular formula is C23H24N2O5. The third kappa shape index (κ3) is 4.25. The van der Waals surface area contributed by atoms with Gasteiger partial charge in [-0.2, -0.15) is 0 Å². The molecular weight excluding hydrogens is 384 g/mol. The second kappa shape index (κ2) is 8.90. The van der Waals surface area contributed by atoms with Gasteiger partial charge in [0.1, 0.15) is 6.04 Å². The molecule has 1 heterocycles. The van der Waals surface area contributed by atoms with E-state index in [9.17, 15) is 19.2 Å². The average Bonchev–Trinajstić information content (AvgIpc) is 2.98. The Hall–Kier alpha value is -3.48. The maximum atomic E-state index is 12.8. The summed E-state index contributed by atoms with van der Waals surface area (Å²) in [6, 6.07) is 12.6. The molecule has 0 spiro atoms. The van der Waals surface area contributed by atoms with Crippen molar-refractivity contribution in [2.45, 2.75) is 33.2 Å². The van der Waals surface area contributed by atoms with Gasteiger partial charge in [0.05, 0.1) is 11.1 Å². The van der Waals surface area contributed by atoms with E-state index < -0.39 is 36.3 Å². The van der Waals surface area contributed by atoms with Gasteiger partial charge in [-0.05, 0) is 42.7 Å². The smallest absolute Gasteiger partial charge is 0.330 e. The number of hydrogen-bond acceptors (Lipinski definition) is 5. The zero-order chi connectivity index (χ0) is 21.8. The third-order valence-electron chi connectivity index (χ3n) is 5.18. The fourth-order valence-electron chi connectivity index (χ4n) is 3.42. The number of nitrogens with one attached hydrogen (secondary N) is 1. The maximum Gasteiger partial charge on any atom is 0.330 e. The van der Waals surface area contributed by atoms with Crippen LogP contribution in [-0.4, -0.2) is 41.2 Å². The molecule has 2 aromatic carbocycles. The molecule has 0 aromatic heterocycles. The van der Waals surface area contributed by atoms with Crippen LogP contribution in [-0.2, 0) is 14.3 Å². The molecule has 156 valence electrons. The number of imide groups is 1. The average molecular weight is 408 g/mol. The molecule has 2 aromatic rings. The van der Waals surface area contributed by atoms with Crippen LogP contribution in [0.4, 0.5) is 5.69 Å². The number of hydrogen-bond donors (Lipinski definition) is 1. The summed E-state index contributed by atoms with van der Waals surface area (Å²) >= 11 is 0. The number of fused-ring (bicyclic) bond motifs is 1. The lowest BCUT2D eigenvalue weighted by molar-refractivity contribution is -0.152. The Morgan fingerprint density at radius 3 is 2.23 bits per heavy atom. The number of aryl methyl sites for hydroxylation is 1. The zero-order valence-electron chi connectivity index (χ0n) is 17.2. The van der Waals surface area contributed by atoms with Crippen LogP contribution >= 0.6 is 0 Å². The van der Waals surface area contributed by atoms with Crippen LogP contribution < -0.4 is 5.32 Å². The van der Waals surface area contributed by atoms with Gasteiger partial charge in [0, 0.05) is 5.69 Å². The first kappa shape index (κ1) is 21.2. The summed E-state index contributed by atoms with van der Waals surface area (Å²) in [7, 11) is 0. The fourth-order valence-corrected chi connectivity index (χ4v) is 3.42. The van der Waals surface area contributed by atoms with Crippen molar-refractivity contribution in [3.8, 4) is 0 Å². The van der Waals surface area contributed by atoms with Crippen molar-refractivity contribution >= 4 is 29.4 Å². The van der Waals surface area contributed by atoms with Crippen LogP contribution in [0.15, 0.2) is 48.5 Å². The van der Waals surface area contributed by atoms with Crippen LogP contribution in [0.5, 0.6) is 0 Å². The van der Waals surface area contributed by atoms with Gasteiger partial charge in [0.2, 0.25) is 0 Å². The SMILES string of the molecule is CC[C@H](C)[C@@H](C(=O)OCC(=O)Nc1cccc(C)c1)N1C(=O)c2ccccc2C1=O. The summed E-state index contributed by atoms with van der Waals surface area (Å²) in [5, 5.41) is 2.66. The minimum absolute atomic E-state index is 0.265. The Balaban J connectivity index is 1.72. The van der Waals surface area contributed by atoms with Crippen molar-refractivity contribution in [1.29, 1.82) is 0 Å². The van der Waals surface area contributed by atoms with E-state index in [1.54, 1.807) is 49.4 Å². The summed E-state index contributed by atoms with van der Waals surface area (Å²) < 4.78 is 5.20. The Labute approximate surface area is 175 Å². The number of carbonyl (C=O) groups is 4. The molecule has 2 atom stereocenters. The second-order valence-corrected chi connectivity index (χ2v) is 7.38. The van der Waals surface area contributed by atoms with Gasteiger partial charge in [0.25, 0.3) is 17.7 Å². The highest BCUT2D eigenvalue weighted by Crippen LogP contribution is 2.28. The first-order chi connectivity index (χ1) is 14.3. The molecule has 0 saturated carbocycles. The van der Waals surface area contributed by atoms with E-state index in [1.165, 1.54) is 0 Å². The number of esters is 1. The van der Waals surface area contributed by atoms with Gasteiger partial charge < -0.3 is 10.1 Å². The van der Waals surface area contributed by atoms with E-state index in [-0.39, 0.29) is 17.0 Å². The van der Waals surface area contributed by atoms with E-state index in [4.69, 9.17) is 4.74 Å². The highest BCUT2D eigenvalue weighted by Gasteiger charge is 2.45. The van der Waals surface area contributed by atoms with Gasteiger partial charge in [-0.1, -0.05) is 44.5 Å². The predicted octanol–water partition coefficient (Wildman–Crippen LogP) is 3.19. The van der Waals surface area contributed by atoms with E-state index >= 15 is 0 Å². The van der Waals surface area contributed by atoms with Crippen LogP contribution in [0.1, 0.15) is 46.5 Å². The Bertz CT molecular complexity index is 966. The molecule has 0 saturated heterocycles. The predicted molar refractivity (Wildman–Crippen MR) is 111 cm³/mol. The quantitative estimate of drug-likeness (QED) is 0.561. The maximum absolute atomic E-state index is 12.8. The molecule has 3 amide bonds. The third-order valence-corrected chi connectivity index (χ3v) is 5.18. The number of rotatable bonds is 7. The molecule has 1 N–H and O–H groups in total. The molecule has 1 aliphatic rings. The van der Waals surface area contributed by atoms with E-state index in [2.05, 4.69) is 5.32 Å². The normalized spacial score (nSPS) is 14.8. The summed E-state index contributed by atoms with van der Waals surface area (Å²) in [4.78, 5) is 51.6. The van der Waals surface area contributed by atoms with E-state index in [0.717, 1.165) is 10.5 Å². The highest BCUT2D eigenvalue weighted by atomic mass is 16.5. The highest BCUT2D eigenvalue weighted by molar-refractivity contribution is 6.22. The van der Waals surface area contributed by atoms with Gasteiger partial charge in [-0.25, -0.2) is 4.79 Å². The first-order valence-corrected chi connectivity index (χ1v) is 9.83. The van der Waals surface area contributed by atoms with Crippen LogP contribution in [0.2, 0.25) is 0 Å². The van der Waals surface area contributed by atoms with E-state index in [1.807, 2.05) is 19.9 Å². The second-order valence-electron chi connectivity index (χ2n) is 7.38. The molecule has 3 rings (SSSR count). The molecule has 1 aliphatic heterocycles. The monoisotopic (exact) mass is 408 g/mol. The van der Waals surface area contributed by atoms with Gasteiger partial charge in [-0.3, -0.25) is 19.3 Å². The first-order valence-electron chi connectivity index (χ1n) is 9.83. The topological polar surface area (TPSA) is 92.8 Å². The summed E-state index contributed by atoms with van der Waals surface area (Å²) in [6.07, 6.45) is 0.544. The van der Waals surface area contributed by atoms with Crippen molar-refractivity contribution in [1.82, 2.24) is 4.90 Å². The molecule has 0 aliphatic carbocycles. The lowest BCUT2D eigenvalue weighted by Gasteiger charge is -2.28. The summed E-state index contributed by atoms with van der Waals surface area (Å²) in [6.45, 7) is 5.01. The van der Waals surface area contributed by atoms with Gasteiger partial charge >= 0.3 is 5.97 Å². The van der Waals surface area contributed by atoms with Crippen molar-refractivity contribution in [2.75, 3.05) is 11.9 Å². The molecule has 0 radical (unpaired) electrons. The Morgan fingerprint density at radius 1 is 1.03 bits per heavy atom. The van der Waals surface area contributed by atoms with Crippen molar-refractivity contribution in [3.63, 3.8) is 0 Å². The van der Waals surface area contributed by atoms with Gasteiger partial charge in [0.15, 0.2) is 6.61 Å². The molecule has 7 nitrogen and oxygen atoms in total. The molecule has 30 heavy (non-hydrogen) atoms. The lowest BCUT2D eigenvalue weighted by Crippen LogP contribution is -2.49. The zero-order valence-corrected chi connectivity index (χ0v) is 17.2. The summed E-state index contributed by atoms with van der Waals surface area (Å²) in [5.41, 5.74) is 2.10. The lowest BCUT2D eigenvalue weighted by atomic mass is 9.97. The standard InChI is InChI=1S/C23H24N2O5/c1-4-15(3)20(25-21(27)17-10-5-6-11-18(17)22(25)28)23(29)30-13-19(26)24-16-9-7-8-14(2)12-16/h5-12,15,20H,4,13H2,1-3H3,(H,24,26)/t15-,20-/m0/s1. The van der Waals surface area contributed by atoms with Crippen molar-refractivity contribution < 1.29 is 23.9 Å². The van der Waals surface area contributed by atoms with E-state index in [0.29, 0.717) is 12.1 Å². The molecule has 0 fully saturated rings. The number of carbonyl (C=O) groups excluding carboxylic acids is 4. The molecule has 7 heteroatoms. The minimum atomic E-state index is -1.10. The van der Waals surface area contributed by atoms with Gasteiger partial charge in [-0.15, -0.1) is 0 Å². The fraction of sp³-hybridized carbons (Fsp3) is 0.304. The summed E-state index contributed by atoms with van der Waals surface area (Å²) in [5.74, 6) is -2.67. The number of ether oxygens (including phenoxy) is 1. The Kier molecular flexibility index (Phi) is 6.30. The number of nitrogens with zero attached hydrogens (tertiary/aromatic N) is 1. The van der Waals surface area contributed by atoms with Crippen LogP contribution in [0.25, 0.3) is 0 Å². The minimum Gasteiger partial charge on any atom is -0.454 e. The number of benzene rings is 2.